The number of para-hydroxylation sites is 1. The Labute approximate surface area is 96.0 Å². The third kappa shape index (κ3) is 1.10. The number of furan rings is 1. The van der Waals surface area contributed by atoms with Crippen LogP contribution in [0, 0.1) is 0 Å². The fourth-order valence-corrected chi connectivity index (χ4v) is 2.15. The number of aromatic nitrogens is 1. The number of primary amides is 1. The number of nitrogens with two attached hydrogens (primary N) is 1. The molecule has 2 heterocycles. The van der Waals surface area contributed by atoms with Gasteiger partial charge in [0, 0.05) is 12.4 Å². The molecule has 0 aliphatic heterocycles. The SMILES string of the molecule is Cn1c2ccccc2c2oc(C(N)=O)c(O)c21. The summed E-state index contributed by atoms with van der Waals surface area (Å²) in [6, 6.07) is 7.54. The van der Waals surface area contributed by atoms with E-state index in [1.165, 1.54) is 0 Å². The van der Waals surface area contributed by atoms with E-state index >= 15 is 0 Å². The lowest BCUT2D eigenvalue weighted by molar-refractivity contribution is 0.0972. The van der Waals surface area contributed by atoms with Gasteiger partial charge in [0.2, 0.25) is 5.76 Å². The molecule has 0 bridgehead atoms. The second kappa shape index (κ2) is 3.04. The molecule has 17 heavy (non-hydrogen) atoms. The van der Waals surface area contributed by atoms with Crippen molar-refractivity contribution in [2.75, 3.05) is 0 Å². The van der Waals surface area contributed by atoms with Gasteiger partial charge in [0.05, 0.1) is 5.52 Å². The zero-order chi connectivity index (χ0) is 12.2. The van der Waals surface area contributed by atoms with Crippen molar-refractivity contribution in [2.24, 2.45) is 12.8 Å². The van der Waals surface area contributed by atoms with Gasteiger partial charge >= 0.3 is 0 Å². The Hall–Kier alpha value is -2.43. The third-order valence-corrected chi connectivity index (χ3v) is 2.93. The van der Waals surface area contributed by atoms with Crippen LogP contribution in [0.2, 0.25) is 0 Å². The van der Waals surface area contributed by atoms with Crippen molar-refractivity contribution in [3.05, 3.63) is 30.0 Å². The van der Waals surface area contributed by atoms with Crippen LogP contribution in [0.15, 0.2) is 28.7 Å². The molecule has 0 saturated carbocycles. The smallest absolute Gasteiger partial charge is 0.288 e. The fourth-order valence-electron chi connectivity index (χ4n) is 2.15. The van der Waals surface area contributed by atoms with Crippen molar-refractivity contribution in [3.63, 3.8) is 0 Å². The maximum atomic E-state index is 11.1. The number of fused-ring (bicyclic) bond motifs is 3. The van der Waals surface area contributed by atoms with Gasteiger partial charge < -0.3 is 19.8 Å². The molecular formula is C12H10N2O3. The summed E-state index contributed by atoms with van der Waals surface area (Å²) in [5.74, 6) is -1.18. The largest absolute Gasteiger partial charge is 0.503 e. The molecule has 0 radical (unpaired) electrons. The number of nitrogens with zero attached hydrogens (tertiary/aromatic N) is 1. The third-order valence-electron chi connectivity index (χ3n) is 2.93. The molecule has 0 atom stereocenters. The number of aryl methyl sites for hydroxylation is 1. The topological polar surface area (TPSA) is 81.4 Å². The monoisotopic (exact) mass is 230 g/mol. The summed E-state index contributed by atoms with van der Waals surface area (Å²) in [6.45, 7) is 0. The van der Waals surface area contributed by atoms with Crippen LogP contribution in [-0.2, 0) is 7.05 Å². The van der Waals surface area contributed by atoms with Gasteiger partial charge in [-0.15, -0.1) is 0 Å². The van der Waals surface area contributed by atoms with Crippen LogP contribution < -0.4 is 5.73 Å². The molecule has 86 valence electrons. The Morgan fingerprint density at radius 3 is 2.82 bits per heavy atom. The van der Waals surface area contributed by atoms with Crippen LogP contribution in [0.25, 0.3) is 22.0 Å². The first kappa shape index (κ1) is 9.77. The number of rotatable bonds is 1. The lowest BCUT2D eigenvalue weighted by atomic mass is 10.2. The lowest BCUT2D eigenvalue weighted by Crippen LogP contribution is -2.09. The first-order valence-electron chi connectivity index (χ1n) is 5.10. The number of hydrogen-bond acceptors (Lipinski definition) is 3. The number of aromatic hydroxyl groups is 1. The lowest BCUT2D eigenvalue weighted by Gasteiger charge is -1.97. The van der Waals surface area contributed by atoms with E-state index in [1.807, 2.05) is 24.3 Å². The highest BCUT2D eigenvalue weighted by Gasteiger charge is 2.23. The molecule has 1 amide bonds. The quantitative estimate of drug-likeness (QED) is 0.667. The molecular weight excluding hydrogens is 220 g/mol. The Balaban J connectivity index is 2.56. The summed E-state index contributed by atoms with van der Waals surface area (Å²) in [7, 11) is 1.80. The Kier molecular flexibility index (Phi) is 1.75. The average molecular weight is 230 g/mol. The summed E-state index contributed by atoms with van der Waals surface area (Å²) in [4.78, 5) is 11.1. The minimum Gasteiger partial charge on any atom is -0.503 e. The molecule has 0 unspecified atom stereocenters. The predicted molar refractivity (Wildman–Crippen MR) is 62.9 cm³/mol. The molecule has 3 aromatic rings. The number of hydrogen-bond donors (Lipinski definition) is 2. The van der Waals surface area contributed by atoms with Crippen molar-refractivity contribution >= 4 is 27.9 Å². The summed E-state index contributed by atoms with van der Waals surface area (Å²) < 4.78 is 7.12. The minimum absolute atomic E-state index is 0.198. The second-order valence-electron chi connectivity index (χ2n) is 3.90. The molecule has 5 heteroatoms. The summed E-state index contributed by atoms with van der Waals surface area (Å²) in [5, 5.41) is 10.8. The molecule has 0 fully saturated rings. The van der Waals surface area contributed by atoms with Crippen LogP contribution >= 0.6 is 0 Å². The van der Waals surface area contributed by atoms with E-state index in [1.54, 1.807) is 11.6 Å². The first-order chi connectivity index (χ1) is 8.11. The summed E-state index contributed by atoms with van der Waals surface area (Å²) in [5.41, 5.74) is 7.02. The first-order valence-corrected chi connectivity index (χ1v) is 5.10. The molecule has 3 N–H and O–H groups in total. The molecule has 3 rings (SSSR count). The summed E-state index contributed by atoms with van der Waals surface area (Å²) >= 11 is 0. The van der Waals surface area contributed by atoms with Crippen LogP contribution in [0.1, 0.15) is 10.6 Å². The van der Waals surface area contributed by atoms with E-state index in [0.29, 0.717) is 11.1 Å². The molecule has 0 aliphatic rings. The van der Waals surface area contributed by atoms with Crippen molar-refractivity contribution in [1.82, 2.24) is 4.57 Å². The highest BCUT2D eigenvalue weighted by Crippen LogP contribution is 2.37. The second-order valence-corrected chi connectivity index (χ2v) is 3.90. The van der Waals surface area contributed by atoms with E-state index in [9.17, 15) is 9.90 Å². The van der Waals surface area contributed by atoms with Crippen LogP contribution in [0.5, 0.6) is 5.75 Å². The van der Waals surface area contributed by atoms with Crippen molar-refractivity contribution in [2.45, 2.75) is 0 Å². The number of carbonyl (C=O) groups is 1. The van der Waals surface area contributed by atoms with Crippen molar-refractivity contribution in [1.29, 1.82) is 0 Å². The van der Waals surface area contributed by atoms with Gasteiger partial charge in [0.15, 0.2) is 11.3 Å². The molecule has 0 aliphatic carbocycles. The fraction of sp³-hybridized carbons (Fsp3) is 0.0833. The molecule has 1 aromatic carbocycles. The number of amides is 1. The van der Waals surface area contributed by atoms with E-state index < -0.39 is 5.91 Å². The highest BCUT2D eigenvalue weighted by molar-refractivity contribution is 6.10. The maximum absolute atomic E-state index is 11.1. The van der Waals surface area contributed by atoms with Gasteiger partial charge in [0.25, 0.3) is 5.91 Å². The standard InChI is InChI=1S/C12H10N2O3/c1-14-7-5-3-2-4-6(7)10-8(14)9(15)11(17-10)12(13)16/h2-5,15H,1H3,(H2,13,16). The van der Waals surface area contributed by atoms with Gasteiger partial charge in [-0.2, -0.15) is 0 Å². The van der Waals surface area contributed by atoms with E-state index in [-0.39, 0.29) is 11.5 Å². The van der Waals surface area contributed by atoms with Gasteiger partial charge in [-0.1, -0.05) is 12.1 Å². The Morgan fingerprint density at radius 2 is 2.12 bits per heavy atom. The van der Waals surface area contributed by atoms with Gasteiger partial charge in [-0.25, -0.2) is 0 Å². The Morgan fingerprint density at radius 1 is 1.41 bits per heavy atom. The van der Waals surface area contributed by atoms with E-state index in [2.05, 4.69) is 0 Å². The zero-order valence-corrected chi connectivity index (χ0v) is 9.10. The molecule has 2 aromatic heterocycles. The maximum Gasteiger partial charge on any atom is 0.288 e. The van der Waals surface area contributed by atoms with Gasteiger partial charge in [0.1, 0.15) is 5.52 Å². The minimum atomic E-state index is -0.775. The number of benzene rings is 1. The van der Waals surface area contributed by atoms with Crippen LogP contribution in [0.3, 0.4) is 0 Å². The van der Waals surface area contributed by atoms with Gasteiger partial charge in [-0.3, -0.25) is 4.79 Å². The van der Waals surface area contributed by atoms with Crippen LogP contribution in [0.4, 0.5) is 0 Å². The predicted octanol–water partition coefficient (Wildman–Crippen LogP) is 1.73. The zero-order valence-electron chi connectivity index (χ0n) is 9.10. The normalized spacial score (nSPS) is 11.4. The van der Waals surface area contributed by atoms with Crippen molar-refractivity contribution in [3.8, 4) is 5.75 Å². The van der Waals surface area contributed by atoms with Gasteiger partial charge in [-0.05, 0) is 12.1 Å². The van der Waals surface area contributed by atoms with E-state index in [4.69, 9.17) is 10.2 Å². The molecule has 0 saturated heterocycles. The Bertz CT molecular complexity index is 752. The van der Waals surface area contributed by atoms with E-state index in [0.717, 1.165) is 10.9 Å². The summed E-state index contributed by atoms with van der Waals surface area (Å²) in [6.07, 6.45) is 0. The average Bonchev–Trinajstić information content (AvgIpc) is 2.78. The van der Waals surface area contributed by atoms with Crippen LogP contribution in [-0.4, -0.2) is 15.6 Å². The highest BCUT2D eigenvalue weighted by atomic mass is 16.4. The molecule has 5 nitrogen and oxygen atoms in total. The molecule has 0 spiro atoms. The van der Waals surface area contributed by atoms with Crippen molar-refractivity contribution < 1.29 is 14.3 Å². The number of carbonyl (C=O) groups excluding carboxylic acids is 1.